The Kier molecular flexibility index (Phi) is 1.42. The SMILES string of the molecule is O=C1CCCC(=O)[13CH2]1. The molecular weight excluding hydrogens is 105 g/mol. The summed E-state index contributed by atoms with van der Waals surface area (Å²) in [6.07, 6.45) is 2.20. The zero-order valence-electron chi connectivity index (χ0n) is 4.64. The maximum Gasteiger partial charge on any atom is 0.140 e. The highest BCUT2D eigenvalue weighted by Gasteiger charge is 2.14. The smallest absolute Gasteiger partial charge is 0.140 e. The molecule has 0 heterocycles. The average Bonchev–Trinajstić information content (AvgIpc) is 1.64. The van der Waals surface area contributed by atoms with Crippen molar-refractivity contribution in [1.29, 1.82) is 0 Å². The molecule has 1 aliphatic carbocycles. The number of ketones is 2. The number of carbonyl (C=O) groups is 2. The molecule has 1 fully saturated rings. The second-order valence-corrected chi connectivity index (χ2v) is 2.11. The van der Waals surface area contributed by atoms with E-state index in [9.17, 15) is 9.59 Å². The number of hydrogen-bond acceptors (Lipinski definition) is 2. The van der Waals surface area contributed by atoms with Gasteiger partial charge in [0.2, 0.25) is 0 Å². The van der Waals surface area contributed by atoms with Gasteiger partial charge in [0.05, 0.1) is 6.42 Å². The Morgan fingerprint density at radius 2 is 1.50 bits per heavy atom. The summed E-state index contributed by atoms with van der Waals surface area (Å²) < 4.78 is 0. The highest BCUT2D eigenvalue weighted by molar-refractivity contribution is 6.01. The van der Waals surface area contributed by atoms with E-state index < -0.39 is 0 Å². The first kappa shape index (κ1) is 5.48. The van der Waals surface area contributed by atoms with Crippen LogP contribution >= 0.6 is 0 Å². The largest absolute Gasteiger partial charge is 0.299 e. The summed E-state index contributed by atoms with van der Waals surface area (Å²) >= 11 is 0. The fourth-order valence-corrected chi connectivity index (χ4v) is 0.879. The van der Waals surface area contributed by atoms with Crippen LogP contribution in [-0.2, 0) is 9.59 Å². The molecule has 2 nitrogen and oxygen atoms in total. The maximum atomic E-state index is 10.5. The van der Waals surface area contributed by atoms with Gasteiger partial charge in [0.1, 0.15) is 11.6 Å². The molecule has 0 radical (unpaired) electrons. The first-order valence-corrected chi connectivity index (χ1v) is 2.82. The molecule has 0 saturated heterocycles. The molecule has 44 valence electrons. The Labute approximate surface area is 47.9 Å². The van der Waals surface area contributed by atoms with Crippen molar-refractivity contribution >= 4 is 11.6 Å². The van der Waals surface area contributed by atoms with E-state index >= 15 is 0 Å². The Bertz CT molecular complexity index is 112. The molecule has 0 spiro atoms. The second kappa shape index (κ2) is 2.07. The molecule has 0 N–H and O–H groups in total. The van der Waals surface area contributed by atoms with E-state index in [0.29, 0.717) is 12.8 Å². The van der Waals surface area contributed by atoms with Crippen molar-refractivity contribution in [3.05, 3.63) is 0 Å². The number of rotatable bonds is 0. The van der Waals surface area contributed by atoms with Crippen LogP contribution in [0.1, 0.15) is 25.7 Å². The number of carbonyl (C=O) groups excluding carboxylic acids is 2. The minimum Gasteiger partial charge on any atom is -0.299 e. The van der Waals surface area contributed by atoms with E-state index in [2.05, 4.69) is 0 Å². The highest BCUT2D eigenvalue weighted by atomic mass is 16.2. The van der Waals surface area contributed by atoms with E-state index in [1.54, 1.807) is 0 Å². The zero-order valence-corrected chi connectivity index (χ0v) is 4.64. The Morgan fingerprint density at radius 1 is 1.00 bits per heavy atom. The molecule has 0 aliphatic heterocycles. The summed E-state index contributed by atoms with van der Waals surface area (Å²) in [6.45, 7) is 0. The summed E-state index contributed by atoms with van der Waals surface area (Å²) in [7, 11) is 0. The van der Waals surface area contributed by atoms with Crippen LogP contribution in [0.5, 0.6) is 0 Å². The predicted octanol–water partition coefficient (Wildman–Crippen LogP) is 0.699. The van der Waals surface area contributed by atoms with Crippen LogP contribution in [0.15, 0.2) is 0 Å². The lowest BCUT2D eigenvalue weighted by molar-refractivity contribution is -0.129. The van der Waals surface area contributed by atoms with Crippen molar-refractivity contribution in [3.8, 4) is 0 Å². The van der Waals surface area contributed by atoms with E-state index in [1.165, 1.54) is 0 Å². The summed E-state index contributed by atoms with van der Waals surface area (Å²) in [5.41, 5.74) is 0. The van der Waals surface area contributed by atoms with Gasteiger partial charge in [0.15, 0.2) is 0 Å². The zero-order chi connectivity index (χ0) is 5.98. The number of hydrogen-bond donors (Lipinski definition) is 0. The van der Waals surface area contributed by atoms with Gasteiger partial charge in [-0.2, -0.15) is 0 Å². The van der Waals surface area contributed by atoms with Crippen LogP contribution < -0.4 is 0 Å². The third-order valence-electron chi connectivity index (χ3n) is 1.31. The maximum absolute atomic E-state index is 10.5. The van der Waals surface area contributed by atoms with Crippen molar-refractivity contribution in [1.82, 2.24) is 0 Å². The molecular formula is C6H8O2. The molecule has 0 aromatic rings. The van der Waals surface area contributed by atoms with Crippen molar-refractivity contribution in [2.45, 2.75) is 25.7 Å². The first-order chi connectivity index (χ1) is 3.79. The van der Waals surface area contributed by atoms with E-state index in [0.717, 1.165) is 6.42 Å². The summed E-state index contributed by atoms with van der Waals surface area (Å²) in [5, 5.41) is 0. The molecule has 2 heteroatoms. The minimum absolute atomic E-state index is 0.112. The fourth-order valence-electron chi connectivity index (χ4n) is 0.879. The van der Waals surface area contributed by atoms with Gasteiger partial charge >= 0.3 is 0 Å². The van der Waals surface area contributed by atoms with Gasteiger partial charge in [-0.05, 0) is 6.42 Å². The molecule has 8 heavy (non-hydrogen) atoms. The van der Waals surface area contributed by atoms with E-state index in [4.69, 9.17) is 0 Å². The lowest BCUT2D eigenvalue weighted by Crippen LogP contribution is -2.13. The Morgan fingerprint density at radius 3 is 1.75 bits per heavy atom. The van der Waals surface area contributed by atoms with Crippen molar-refractivity contribution in [3.63, 3.8) is 0 Å². The second-order valence-electron chi connectivity index (χ2n) is 2.11. The van der Waals surface area contributed by atoms with Crippen LogP contribution in [0.25, 0.3) is 0 Å². The molecule has 1 rings (SSSR count). The van der Waals surface area contributed by atoms with Crippen LogP contribution in [0.2, 0.25) is 0 Å². The Balaban J connectivity index is 2.45. The van der Waals surface area contributed by atoms with Gasteiger partial charge in [0.25, 0.3) is 0 Å². The molecule has 0 unspecified atom stereocenters. The molecule has 0 aromatic carbocycles. The average molecular weight is 113 g/mol. The molecule has 0 atom stereocenters. The first-order valence-electron chi connectivity index (χ1n) is 2.82. The molecule has 0 amide bonds. The van der Waals surface area contributed by atoms with Crippen LogP contribution in [0.4, 0.5) is 0 Å². The van der Waals surface area contributed by atoms with Crippen molar-refractivity contribution < 1.29 is 9.59 Å². The molecule has 0 aromatic heterocycles. The van der Waals surface area contributed by atoms with Crippen LogP contribution in [0, 0.1) is 0 Å². The lowest BCUT2D eigenvalue weighted by Gasteiger charge is -2.04. The summed E-state index contributed by atoms with van der Waals surface area (Å²) in [6, 6.07) is 0. The van der Waals surface area contributed by atoms with Gasteiger partial charge in [0, 0.05) is 12.8 Å². The monoisotopic (exact) mass is 113 g/mol. The standard InChI is InChI=1S/C6H8O2/c7-5-2-1-3-6(8)4-5/h1-4H2/i4+1. The van der Waals surface area contributed by atoms with E-state index in [1.807, 2.05) is 0 Å². The van der Waals surface area contributed by atoms with Crippen molar-refractivity contribution in [2.24, 2.45) is 0 Å². The lowest BCUT2D eigenvalue weighted by atomic mass is 10.1. The van der Waals surface area contributed by atoms with Gasteiger partial charge in [-0.15, -0.1) is 0 Å². The normalized spacial score (nSPS) is 21.5. The topological polar surface area (TPSA) is 34.1 Å². The van der Waals surface area contributed by atoms with Gasteiger partial charge in [-0.1, -0.05) is 0 Å². The third-order valence-corrected chi connectivity index (χ3v) is 1.31. The molecule has 0 bridgehead atoms. The third kappa shape index (κ3) is 1.15. The highest BCUT2D eigenvalue weighted by Crippen LogP contribution is 2.09. The predicted molar refractivity (Wildman–Crippen MR) is 28.5 cm³/mol. The molecule has 1 saturated carbocycles. The van der Waals surface area contributed by atoms with Crippen LogP contribution in [-0.4, -0.2) is 11.6 Å². The van der Waals surface area contributed by atoms with Crippen molar-refractivity contribution in [2.75, 3.05) is 0 Å². The van der Waals surface area contributed by atoms with E-state index in [-0.39, 0.29) is 18.0 Å². The summed E-state index contributed by atoms with van der Waals surface area (Å²) in [4.78, 5) is 20.9. The van der Waals surface area contributed by atoms with Gasteiger partial charge in [-0.3, -0.25) is 9.59 Å². The van der Waals surface area contributed by atoms with Crippen LogP contribution in [0.3, 0.4) is 0 Å². The fraction of sp³-hybridized carbons (Fsp3) is 0.667. The summed E-state index contributed by atoms with van der Waals surface area (Å²) in [5.74, 6) is 0.225. The number of Topliss-reactive ketones (excluding diaryl/α,β-unsaturated/α-hetero) is 2. The van der Waals surface area contributed by atoms with Gasteiger partial charge in [-0.25, -0.2) is 0 Å². The quantitative estimate of drug-likeness (QED) is 0.342. The molecule has 1 aliphatic rings. The van der Waals surface area contributed by atoms with Gasteiger partial charge < -0.3 is 0 Å². The Hall–Kier alpha value is -0.660. The minimum atomic E-state index is 0.112.